The molecule has 2 aromatic rings. The molecule has 1 atom stereocenters. The van der Waals surface area contributed by atoms with Gasteiger partial charge in [-0.1, -0.05) is 0 Å². The molecule has 0 N–H and O–H groups in total. The highest BCUT2D eigenvalue weighted by Crippen LogP contribution is 2.22. The summed E-state index contributed by atoms with van der Waals surface area (Å²) in [4.78, 5) is 14.7. The van der Waals surface area contributed by atoms with Crippen molar-refractivity contribution in [3.63, 3.8) is 0 Å². The Hall–Kier alpha value is -2.17. The zero-order chi connectivity index (χ0) is 12.9. The molecule has 98 valence electrons. The van der Waals surface area contributed by atoms with Crippen LogP contribution in [-0.4, -0.2) is 34.6 Å². The standard InChI is InChI=1S/C14H16N4O/c1-4-15-5-2-13(1)19-11-12-3-8-18(10-12)14-9-16-6-7-17-14/h1-2,4-7,9,12H,3,8,10-11H2. The van der Waals surface area contributed by atoms with Crippen molar-refractivity contribution in [1.82, 2.24) is 15.0 Å². The second-order valence-electron chi connectivity index (χ2n) is 4.66. The van der Waals surface area contributed by atoms with Crippen LogP contribution in [0.5, 0.6) is 5.75 Å². The molecule has 0 radical (unpaired) electrons. The average molecular weight is 256 g/mol. The highest BCUT2D eigenvalue weighted by molar-refractivity contribution is 5.36. The first-order valence-corrected chi connectivity index (χ1v) is 6.45. The van der Waals surface area contributed by atoms with E-state index in [0.29, 0.717) is 5.92 Å². The van der Waals surface area contributed by atoms with E-state index in [1.165, 1.54) is 0 Å². The summed E-state index contributed by atoms with van der Waals surface area (Å²) in [7, 11) is 0. The molecule has 1 fully saturated rings. The predicted molar refractivity (Wildman–Crippen MR) is 72.1 cm³/mol. The number of hydrogen-bond acceptors (Lipinski definition) is 5. The van der Waals surface area contributed by atoms with Gasteiger partial charge < -0.3 is 9.64 Å². The summed E-state index contributed by atoms with van der Waals surface area (Å²) in [6, 6.07) is 3.77. The van der Waals surface area contributed by atoms with Crippen molar-refractivity contribution in [2.45, 2.75) is 6.42 Å². The Morgan fingerprint density at radius 2 is 2.05 bits per heavy atom. The van der Waals surface area contributed by atoms with Crippen LogP contribution in [0.4, 0.5) is 5.82 Å². The molecular formula is C14H16N4O. The van der Waals surface area contributed by atoms with Crippen molar-refractivity contribution in [3.8, 4) is 5.75 Å². The third-order valence-corrected chi connectivity index (χ3v) is 3.29. The number of rotatable bonds is 4. The second kappa shape index (κ2) is 5.65. The molecule has 1 unspecified atom stereocenters. The van der Waals surface area contributed by atoms with E-state index in [9.17, 15) is 0 Å². The SMILES string of the molecule is c1cc(OCC2CCN(c3cnccn3)C2)ccn1. The summed E-state index contributed by atoms with van der Waals surface area (Å²) >= 11 is 0. The predicted octanol–water partition coefficient (Wildman–Crippen LogP) is 1.78. The zero-order valence-corrected chi connectivity index (χ0v) is 10.6. The number of hydrogen-bond donors (Lipinski definition) is 0. The first-order valence-electron chi connectivity index (χ1n) is 6.45. The van der Waals surface area contributed by atoms with Gasteiger partial charge in [0, 0.05) is 43.8 Å². The first kappa shape index (κ1) is 11.9. The average Bonchev–Trinajstić information content (AvgIpc) is 2.96. The van der Waals surface area contributed by atoms with Crippen LogP contribution in [0, 0.1) is 5.92 Å². The van der Waals surface area contributed by atoms with Crippen LogP contribution in [-0.2, 0) is 0 Å². The van der Waals surface area contributed by atoms with Crippen molar-refractivity contribution >= 4 is 5.82 Å². The lowest BCUT2D eigenvalue weighted by Gasteiger charge is -2.16. The lowest BCUT2D eigenvalue weighted by atomic mass is 10.1. The molecule has 0 bridgehead atoms. The third kappa shape index (κ3) is 2.99. The van der Waals surface area contributed by atoms with E-state index in [0.717, 1.165) is 37.7 Å². The summed E-state index contributed by atoms with van der Waals surface area (Å²) in [5.41, 5.74) is 0. The number of pyridine rings is 1. The molecule has 1 aliphatic rings. The van der Waals surface area contributed by atoms with Crippen LogP contribution in [0.3, 0.4) is 0 Å². The van der Waals surface area contributed by atoms with E-state index in [4.69, 9.17) is 4.74 Å². The Balaban J connectivity index is 1.52. The molecular weight excluding hydrogens is 240 g/mol. The van der Waals surface area contributed by atoms with Crippen molar-refractivity contribution < 1.29 is 4.74 Å². The molecule has 1 aliphatic heterocycles. The van der Waals surface area contributed by atoms with E-state index in [2.05, 4.69) is 19.9 Å². The molecule has 5 nitrogen and oxygen atoms in total. The highest BCUT2D eigenvalue weighted by atomic mass is 16.5. The fourth-order valence-electron chi connectivity index (χ4n) is 2.28. The van der Waals surface area contributed by atoms with Gasteiger partial charge in [0.1, 0.15) is 11.6 Å². The molecule has 5 heteroatoms. The van der Waals surface area contributed by atoms with Crippen molar-refractivity contribution in [3.05, 3.63) is 43.1 Å². The molecule has 0 aliphatic carbocycles. The lowest BCUT2D eigenvalue weighted by molar-refractivity contribution is 0.261. The quantitative estimate of drug-likeness (QED) is 0.834. The number of ether oxygens (including phenoxy) is 1. The van der Waals surface area contributed by atoms with E-state index >= 15 is 0 Å². The van der Waals surface area contributed by atoms with Gasteiger partial charge in [0.15, 0.2) is 0 Å². The Labute approximate surface area is 112 Å². The molecule has 19 heavy (non-hydrogen) atoms. The maximum absolute atomic E-state index is 5.77. The molecule has 1 saturated heterocycles. The zero-order valence-electron chi connectivity index (χ0n) is 10.6. The van der Waals surface area contributed by atoms with Gasteiger partial charge in [0.05, 0.1) is 12.8 Å². The van der Waals surface area contributed by atoms with Gasteiger partial charge in [0.2, 0.25) is 0 Å². The third-order valence-electron chi connectivity index (χ3n) is 3.29. The minimum Gasteiger partial charge on any atom is -0.493 e. The molecule has 0 spiro atoms. The number of aromatic nitrogens is 3. The maximum Gasteiger partial charge on any atom is 0.147 e. The Bertz CT molecular complexity index is 505. The monoisotopic (exact) mass is 256 g/mol. The second-order valence-corrected chi connectivity index (χ2v) is 4.66. The van der Waals surface area contributed by atoms with Gasteiger partial charge in [-0.15, -0.1) is 0 Å². The van der Waals surface area contributed by atoms with Crippen LogP contribution in [0.1, 0.15) is 6.42 Å². The van der Waals surface area contributed by atoms with Crippen LogP contribution < -0.4 is 9.64 Å². The van der Waals surface area contributed by atoms with E-state index in [-0.39, 0.29) is 0 Å². The summed E-state index contributed by atoms with van der Waals surface area (Å²) in [6.07, 6.45) is 9.86. The molecule has 2 aromatic heterocycles. The van der Waals surface area contributed by atoms with Crippen LogP contribution >= 0.6 is 0 Å². The topological polar surface area (TPSA) is 51.1 Å². The molecule has 3 heterocycles. The minimum atomic E-state index is 0.537. The van der Waals surface area contributed by atoms with Crippen LogP contribution in [0.2, 0.25) is 0 Å². The fraction of sp³-hybridized carbons (Fsp3) is 0.357. The van der Waals surface area contributed by atoms with E-state index in [1.54, 1.807) is 24.8 Å². The first-order chi connectivity index (χ1) is 9.42. The fourth-order valence-corrected chi connectivity index (χ4v) is 2.28. The highest BCUT2D eigenvalue weighted by Gasteiger charge is 2.24. The summed E-state index contributed by atoms with van der Waals surface area (Å²) in [5.74, 6) is 2.37. The van der Waals surface area contributed by atoms with Crippen LogP contribution in [0.25, 0.3) is 0 Å². The van der Waals surface area contributed by atoms with Gasteiger partial charge in [-0.25, -0.2) is 4.98 Å². The maximum atomic E-state index is 5.77. The van der Waals surface area contributed by atoms with Gasteiger partial charge >= 0.3 is 0 Å². The Kier molecular flexibility index (Phi) is 3.54. The Morgan fingerprint density at radius 3 is 2.84 bits per heavy atom. The smallest absolute Gasteiger partial charge is 0.147 e. The van der Waals surface area contributed by atoms with Crippen molar-refractivity contribution in [2.24, 2.45) is 5.92 Å². The van der Waals surface area contributed by atoms with E-state index < -0.39 is 0 Å². The summed E-state index contributed by atoms with van der Waals surface area (Å²) in [5, 5.41) is 0. The van der Waals surface area contributed by atoms with E-state index in [1.807, 2.05) is 18.3 Å². The van der Waals surface area contributed by atoms with Crippen molar-refractivity contribution in [2.75, 3.05) is 24.6 Å². The van der Waals surface area contributed by atoms with Crippen molar-refractivity contribution in [1.29, 1.82) is 0 Å². The van der Waals surface area contributed by atoms with Gasteiger partial charge in [-0.3, -0.25) is 9.97 Å². The lowest BCUT2D eigenvalue weighted by Crippen LogP contribution is -2.22. The molecule has 0 amide bonds. The minimum absolute atomic E-state index is 0.537. The number of anilines is 1. The Morgan fingerprint density at radius 1 is 1.16 bits per heavy atom. The van der Waals surface area contributed by atoms with Crippen LogP contribution in [0.15, 0.2) is 43.1 Å². The summed E-state index contributed by atoms with van der Waals surface area (Å²) < 4.78 is 5.77. The molecule has 0 aromatic carbocycles. The molecule has 0 saturated carbocycles. The largest absolute Gasteiger partial charge is 0.493 e. The summed E-state index contributed by atoms with van der Waals surface area (Å²) in [6.45, 7) is 2.73. The van der Waals surface area contributed by atoms with Gasteiger partial charge in [0.25, 0.3) is 0 Å². The van der Waals surface area contributed by atoms with Gasteiger partial charge in [-0.05, 0) is 18.6 Å². The number of nitrogens with zero attached hydrogens (tertiary/aromatic N) is 4. The van der Waals surface area contributed by atoms with Gasteiger partial charge in [-0.2, -0.15) is 0 Å². The normalized spacial score (nSPS) is 18.5. The molecule has 3 rings (SSSR count).